The fourth-order valence-corrected chi connectivity index (χ4v) is 3.11. The summed E-state index contributed by atoms with van der Waals surface area (Å²) in [4.78, 5) is 12.9. The third-order valence-electron chi connectivity index (χ3n) is 3.25. The first kappa shape index (κ1) is 11.6. The Hall–Kier alpha value is -0.830. The van der Waals surface area contributed by atoms with Gasteiger partial charge in [0.2, 0.25) is 5.91 Å². The van der Waals surface area contributed by atoms with Gasteiger partial charge in [0, 0.05) is 10.9 Å². The molecule has 1 amide bonds. The lowest BCUT2D eigenvalue weighted by Crippen LogP contribution is -2.34. The van der Waals surface area contributed by atoms with Crippen molar-refractivity contribution in [1.82, 2.24) is 5.32 Å². The quantitative estimate of drug-likeness (QED) is 0.860. The minimum absolute atomic E-state index is 0.171. The molecule has 0 aromatic carbocycles. The zero-order chi connectivity index (χ0) is 11.6. The van der Waals surface area contributed by atoms with E-state index in [0.717, 1.165) is 17.7 Å². The first-order chi connectivity index (χ1) is 7.55. The normalized spacial score (nSPS) is 23.2. The van der Waals surface area contributed by atoms with Crippen LogP contribution in [0.15, 0.2) is 17.5 Å². The molecule has 16 heavy (non-hydrogen) atoms. The Balaban J connectivity index is 1.80. The van der Waals surface area contributed by atoms with Crippen LogP contribution in [0.2, 0.25) is 0 Å². The zero-order valence-corrected chi connectivity index (χ0v) is 10.8. The molecule has 0 saturated heterocycles. The predicted molar refractivity (Wildman–Crippen MR) is 67.6 cm³/mol. The Kier molecular flexibility index (Phi) is 3.33. The van der Waals surface area contributed by atoms with Crippen LogP contribution in [0.25, 0.3) is 0 Å². The van der Waals surface area contributed by atoms with Crippen molar-refractivity contribution in [2.75, 3.05) is 0 Å². The van der Waals surface area contributed by atoms with Crippen molar-refractivity contribution in [3.63, 3.8) is 0 Å². The van der Waals surface area contributed by atoms with Crippen LogP contribution >= 0.6 is 11.3 Å². The van der Waals surface area contributed by atoms with E-state index in [4.69, 9.17) is 0 Å². The van der Waals surface area contributed by atoms with Crippen molar-refractivity contribution in [2.45, 2.75) is 45.6 Å². The van der Waals surface area contributed by atoms with E-state index in [1.807, 2.05) is 17.5 Å². The highest BCUT2D eigenvalue weighted by Gasteiger charge is 2.31. The van der Waals surface area contributed by atoms with Crippen LogP contribution in [-0.2, 0) is 11.2 Å². The zero-order valence-electron chi connectivity index (χ0n) is 9.95. The molecule has 1 saturated carbocycles. The maximum absolute atomic E-state index is 11.8. The Morgan fingerprint density at radius 1 is 1.62 bits per heavy atom. The van der Waals surface area contributed by atoms with Crippen molar-refractivity contribution in [3.8, 4) is 0 Å². The summed E-state index contributed by atoms with van der Waals surface area (Å²) in [7, 11) is 0. The second kappa shape index (κ2) is 4.58. The monoisotopic (exact) mass is 237 g/mol. The van der Waals surface area contributed by atoms with Gasteiger partial charge < -0.3 is 5.32 Å². The summed E-state index contributed by atoms with van der Waals surface area (Å²) in [6, 6.07) is 4.40. The van der Waals surface area contributed by atoms with Gasteiger partial charge in [-0.1, -0.05) is 19.9 Å². The molecule has 1 atom stereocenters. The van der Waals surface area contributed by atoms with E-state index in [0.29, 0.717) is 17.9 Å². The number of hydrogen-bond acceptors (Lipinski definition) is 2. The highest BCUT2D eigenvalue weighted by Crippen LogP contribution is 2.36. The van der Waals surface area contributed by atoms with Crippen LogP contribution in [0.3, 0.4) is 0 Å². The summed E-state index contributed by atoms with van der Waals surface area (Å²) in [5.41, 5.74) is 0.404. The lowest BCUT2D eigenvalue weighted by Gasteiger charge is -2.17. The standard InChI is InChI=1S/C13H19NOS/c1-13(2)6-5-10(9-13)14-12(15)8-11-4-3-7-16-11/h3-4,7,10H,5-6,8-9H2,1-2H3,(H,14,15). The summed E-state index contributed by atoms with van der Waals surface area (Å²) in [5, 5.41) is 5.16. The number of carbonyl (C=O) groups is 1. The number of amides is 1. The Labute approximate surface area is 101 Å². The van der Waals surface area contributed by atoms with Gasteiger partial charge in [-0.3, -0.25) is 4.79 Å². The highest BCUT2D eigenvalue weighted by molar-refractivity contribution is 7.10. The number of carbonyl (C=O) groups excluding carboxylic acids is 1. The number of thiophene rings is 1. The van der Waals surface area contributed by atoms with E-state index >= 15 is 0 Å². The van der Waals surface area contributed by atoms with Crippen LogP contribution < -0.4 is 5.32 Å². The summed E-state index contributed by atoms with van der Waals surface area (Å²) in [6.07, 6.45) is 4.00. The maximum atomic E-state index is 11.8. The number of nitrogens with one attached hydrogen (secondary N) is 1. The number of hydrogen-bond donors (Lipinski definition) is 1. The molecule has 1 aromatic rings. The third kappa shape index (κ3) is 3.08. The second-order valence-corrected chi connectivity index (χ2v) is 6.46. The van der Waals surface area contributed by atoms with Crippen LogP contribution in [0, 0.1) is 5.41 Å². The van der Waals surface area contributed by atoms with Gasteiger partial charge in [0.15, 0.2) is 0 Å². The van der Waals surface area contributed by atoms with E-state index in [9.17, 15) is 4.79 Å². The second-order valence-electron chi connectivity index (χ2n) is 5.43. The molecule has 0 aliphatic heterocycles. The fourth-order valence-electron chi connectivity index (χ4n) is 2.41. The molecule has 1 aliphatic carbocycles. The molecule has 1 aromatic heterocycles. The van der Waals surface area contributed by atoms with Crippen molar-refractivity contribution >= 4 is 17.2 Å². The third-order valence-corrected chi connectivity index (χ3v) is 4.12. The summed E-state index contributed by atoms with van der Waals surface area (Å²) < 4.78 is 0. The highest BCUT2D eigenvalue weighted by atomic mass is 32.1. The first-order valence-corrected chi connectivity index (χ1v) is 6.75. The number of rotatable bonds is 3. The van der Waals surface area contributed by atoms with Crippen LogP contribution in [0.1, 0.15) is 38.0 Å². The minimum Gasteiger partial charge on any atom is -0.353 e. The van der Waals surface area contributed by atoms with Crippen LogP contribution in [0.4, 0.5) is 0 Å². The van der Waals surface area contributed by atoms with Gasteiger partial charge in [0.25, 0.3) is 0 Å². The molecular weight excluding hydrogens is 218 g/mol. The summed E-state index contributed by atoms with van der Waals surface area (Å²) in [5.74, 6) is 0.171. The SMILES string of the molecule is CC1(C)CCC(NC(=O)Cc2cccs2)C1. The lowest BCUT2D eigenvalue weighted by atomic mass is 9.92. The van der Waals surface area contributed by atoms with E-state index in [1.54, 1.807) is 11.3 Å². The van der Waals surface area contributed by atoms with Crippen molar-refractivity contribution in [1.29, 1.82) is 0 Å². The Morgan fingerprint density at radius 3 is 3.00 bits per heavy atom. The smallest absolute Gasteiger partial charge is 0.225 e. The molecule has 88 valence electrons. The van der Waals surface area contributed by atoms with Gasteiger partial charge in [0.1, 0.15) is 0 Å². The van der Waals surface area contributed by atoms with Gasteiger partial charge in [0.05, 0.1) is 6.42 Å². The molecule has 1 heterocycles. The van der Waals surface area contributed by atoms with E-state index in [1.165, 1.54) is 6.42 Å². The van der Waals surface area contributed by atoms with Crippen molar-refractivity contribution in [2.24, 2.45) is 5.41 Å². The average molecular weight is 237 g/mol. The topological polar surface area (TPSA) is 29.1 Å². The van der Waals surface area contributed by atoms with Gasteiger partial charge in [-0.2, -0.15) is 0 Å². The van der Waals surface area contributed by atoms with Crippen molar-refractivity contribution in [3.05, 3.63) is 22.4 Å². The molecule has 1 fully saturated rings. The van der Waals surface area contributed by atoms with E-state index in [2.05, 4.69) is 19.2 Å². The molecule has 2 nitrogen and oxygen atoms in total. The molecule has 1 aliphatic rings. The van der Waals surface area contributed by atoms with E-state index in [-0.39, 0.29) is 5.91 Å². The van der Waals surface area contributed by atoms with Crippen molar-refractivity contribution < 1.29 is 4.79 Å². The molecule has 1 N–H and O–H groups in total. The Morgan fingerprint density at radius 2 is 2.44 bits per heavy atom. The molecule has 0 spiro atoms. The minimum atomic E-state index is 0.171. The lowest BCUT2D eigenvalue weighted by molar-refractivity contribution is -0.121. The molecular formula is C13H19NOS. The van der Waals surface area contributed by atoms with Gasteiger partial charge >= 0.3 is 0 Å². The van der Waals surface area contributed by atoms with Gasteiger partial charge in [-0.25, -0.2) is 0 Å². The molecule has 3 heteroatoms. The summed E-state index contributed by atoms with van der Waals surface area (Å²) in [6.45, 7) is 4.55. The van der Waals surface area contributed by atoms with E-state index < -0.39 is 0 Å². The Bertz CT molecular complexity index is 356. The van der Waals surface area contributed by atoms with Gasteiger partial charge in [-0.15, -0.1) is 11.3 Å². The van der Waals surface area contributed by atoms with Crippen LogP contribution in [-0.4, -0.2) is 11.9 Å². The molecule has 0 radical (unpaired) electrons. The molecule has 2 rings (SSSR count). The maximum Gasteiger partial charge on any atom is 0.225 e. The summed E-state index contributed by atoms with van der Waals surface area (Å²) >= 11 is 1.65. The largest absolute Gasteiger partial charge is 0.353 e. The predicted octanol–water partition coefficient (Wildman–Crippen LogP) is 2.99. The van der Waals surface area contributed by atoms with Crippen LogP contribution in [0.5, 0.6) is 0 Å². The van der Waals surface area contributed by atoms with Gasteiger partial charge in [-0.05, 0) is 36.1 Å². The molecule has 1 unspecified atom stereocenters. The fraction of sp³-hybridized carbons (Fsp3) is 0.615. The molecule has 0 bridgehead atoms. The first-order valence-electron chi connectivity index (χ1n) is 5.87. The average Bonchev–Trinajstić information content (AvgIpc) is 2.76.